The van der Waals surface area contributed by atoms with Gasteiger partial charge in [0.15, 0.2) is 5.65 Å². The van der Waals surface area contributed by atoms with Crippen LogP contribution in [0.4, 0.5) is 0 Å². The molecule has 4 heteroatoms. The summed E-state index contributed by atoms with van der Waals surface area (Å²) < 4.78 is 1.78. The van der Waals surface area contributed by atoms with Crippen molar-refractivity contribution in [1.82, 2.24) is 19.7 Å². The normalized spacial score (nSPS) is 10.9. The van der Waals surface area contributed by atoms with E-state index in [1.54, 1.807) is 4.68 Å². The Kier molecular flexibility index (Phi) is 1.36. The fourth-order valence-electron chi connectivity index (χ4n) is 1.29. The molecule has 0 N–H and O–H groups in total. The molecule has 2 aromatic heterocycles. The standard InChI is InChI=1S/C8H10N4/c1-5-7-4-9-6(2)10-8(7)12(3)11-5/h4H,1-3H3. The Bertz CT molecular complexity index is 430. The van der Waals surface area contributed by atoms with Gasteiger partial charge in [-0.1, -0.05) is 0 Å². The van der Waals surface area contributed by atoms with Gasteiger partial charge in [-0.15, -0.1) is 0 Å². The molecule has 0 radical (unpaired) electrons. The lowest BCUT2D eigenvalue weighted by molar-refractivity contribution is 0.771. The van der Waals surface area contributed by atoms with Crippen LogP contribution in [0, 0.1) is 13.8 Å². The van der Waals surface area contributed by atoms with Gasteiger partial charge in [-0.25, -0.2) is 9.97 Å². The van der Waals surface area contributed by atoms with Crippen molar-refractivity contribution >= 4 is 11.0 Å². The average Bonchev–Trinajstić information content (AvgIpc) is 2.28. The molecule has 12 heavy (non-hydrogen) atoms. The summed E-state index contributed by atoms with van der Waals surface area (Å²) in [4.78, 5) is 8.40. The zero-order valence-electron chi connectivity index (χ0n) is 7.37. The highest BCUT2D eigenvalue weighted by atomic mass is 15.3. The number of rotatable bonds is 0. The molecule has 0 aliphatic rings. The Morgan fingerprint density at radius 1 is 1.33 bits per heavy atom. The largest absolute Gasteiger partial charge is 0.250 e. The summed E-state index contributed by atoms with van der Waals surface area (Å²) in [5.41, 5.74) is 1.88. The first kappa shape index (κ1) is 7.21. The van der Waals surface area contributed by atoms with Gasteiger partial charge in [-0.2, -0.15) is 5.10 Å². The lowest BCUT2D eigenvalue weighted by Gasteiger charge is -1.93. The lowest BCUT2D eigenvalue weighted by Crippen LogP contribution is -1.94. The van der Waals surface area contributed by atoms with Gasteiger partial charge in [0.25, 0.3) is 0 Å². The molecule has 0 saturated heterocycles. The van der Waals surface area contributed by atoms with Crippen LogP contribution in [-0.4, -0.2) is 19.7 Å². The summed E-state index contributed by atoms with van der Waals surface area (Å²) in [6, 6.07) is 0. The highest BCUT2D eigenvalue weighted by Crippen LogP contribution is 2.12. The van der Waals surface area contributed by atoms with Crippen LogP contribution in [-0.2, 0) is 7.05 Å². The number of hydrogen-bond acceptors (Lipinski definition) is 3. The monoisotopic (exact) mass is 162 g/mol. The molecule has 2 aromatic rings. The molecule has 0 saturated carbocycles. The highest BCUT2D eigenvalue weighted by Gasteiger charge is 2.05. The first-order valence-electron chi connectivity index (χ1n) is 3.81. The number of aryl methyl sites for hydroxylation is 3. The van der Waals surface area contributed by atoms with Crippen molar-refractivity contribution < 1.29 is 0 Å². The quantitative estimate of drug-likeness (QED) is 0.580. The summed E-state index contributed by atoms with van der Waals surface area (Å²) >= 11 is 0. The maximum absolute atomic E-state index is 4.29. The van der Waals surface area contributed by atoms with E-state index in [2.05, 4.69) is 15.1 Å². The number of nitrogens with zero attached hydrogens (tertiary/aromatic N) is 4. The van der Waals surface area contributed by atoms with E-state index in [0.717, 1.165) is 22.6 Å². The van der Waals surface area contributed by atoms with Crippen LogP contribution in [0.15, 0.2) is 6.20 Å². The van der Waals surface area contributed by atoms with Crippen molar-refractivity contribution in [2.75, 3.05) is 0 Å². The minimum absolute atomic E-state index is 0.783. The van der Waals surface area contributed by atoms with E-state index in [0.29, 0.717) is 0 Å². The van der Waals surface area contributed by atoms with Crippen molar-refractivity contribution in [3.05, 3.63) is 17.7 Å². The third kappa shape index (κ3) is 0.879. The second-order valence-corrected chi connectivity index (χ2v) is 2.86. The van der Waals surface area contributed by atoms with Gasteiger partial charge in [-0.05, 0) is 13.8 Å². The van der Waals surface area contributed by atoms with Crippen LogP contribution in [0.5, 0.6) is 0 Å². The smallest absolute Gasteiger partial charge is 0.161 e. The fraction of sp³-hybridized carbons (Fsp3) is 0.375. The van der Waals surface area contributed by atoms with Crippen LogP contribution in [0.2, 0.25) is 0 Å². The molecule has 0 unspecified atom stereocenters. The van der Waals surface area contributed by atoms with Gasteiger partial charge in [0.05, 0.1) is 11.1 Å². The summed E-state index contributed by atoms with van der Waals surface area (Å²) in [7, 11) is 1.89. The van der Waals surface area contributed by atoms with Gasteiger partial charge in [0, 0.05) is 13.2 Å². The molecule has 0 amide bonds. The Morgan fingerprint density at radius 3 is 2.83 bits per heavy atom. The molecule has 0 aromatic carbocycles. The third-order valence-corrected chi connectivity index (χ3v) is 1.89. The van der Waals surface area contributed by atoms with E-state index in [4.69, 9.17) is 0 Å². The van der Waals surface area contributed by atoms with Gasteiger partial charge in [-0.3, -0.25) is 4.68 Å². The van der Waals surface area contributed by atoms with E-state index >= 15 is 0 Å². The second kappa shape index (κ2) is 2.27. The molecule has 0 atom stereocenters. The van der Waals surface area contributed by atoms with E-state index in [1.165, 1.54) is 0 Å². The molecule has 2 rings (SSSR count). The Morgan fingerprint density at radius 2 is 2.08 bits per heavy atom. The maximum atomic E-state index is 4.29. The zero-order chi connectivity index (χ0) is 8.72. The average molecular weight is 162 g/mol. The Hall–Kier alpha value is -1.45. The van der Waals surface area contributed by atoms with Crippen molar-refractivity contribution in [2.45, 2.75) is 13.8 Å². The third-order valence-electron chi connectivity index (χ3n) is 1.89. The summed E-state index contributed by atoms with van der Waals surface area (Å²) in [6.07, 6.45) is 1.82. The molecular formula is C8H10N4. The summed E-state index contributed by atoms with van der Waals surface area (Å²) in [5, 5.41) is 5.28. The van der Waals surface area contributed by atoms with Gasteiger partial charge in [0.2, 0.25) is 0 Å². The molecule has 0 fully saturated rings. The second-order valence-electron chi connectivity index (χ2n) is 2.86. The predicted molar refractivity (Wildman–Crippen MR) is 45.8 cm³/mol. The molecule has 0 aliphatic heterocycles. The van der Waals surface area contributed by atoms with Crippen molar-refractivity contribution in [3.63, 3.8) is 0 Å². The number of aromatic nitrogens is 4. The molecule has 62 valence electrons. The zero-order valence-corrected chi connectivity index (χ0v) is 7.37. The van der Waals surface area contributed by atoms with Gasteiger partial charge in [0.1, 0.15) is 5.82 Å². The Labute approximate surface area is 70.3 Å². The van der Waals surface area contributed by atoms with Gasteiger partial charge < -0.3 is 0 Å². The SMILES string of the molecule is Cc1ncc2c(C)nn(C)c2n1. The predicted octanol–water partition coefficient (Wildman–Crippen LogP) is 0.980. The van der Waals surface area contributed by atoms with E-state index < -0.39 is 0 Å². The van der Waals surface area contributed by atoms with Crippen molar-refractivity contribution in [2.24, 2.45) is 7.05 Å². The molecule has 0 spiro atoms. The van der Waals surface area contributed by atoms with Crippen LogP contribution in [0.3, 0.4) is 0 Å². The number of hydrogen-bond donors (Lipinski definition) is 0. The fourth-order valence-corrected chi connectivity index (χ4v) is 1.29. The molecule has 0 aliphatic carbocycles. The van der Waals surface area contributed by atoms with E-state index in [9.17, 15) is 0 Å². The molecule has 4 nitrogen and oxygen atoms in total. The van der Waals surface area contributed by atoms with Crippen molar-refractivity contribution in [3.8, 4) is 0 Å². The van der Waals surface area contributed by atoms with Crippen LogP contribution in [0.1, 0.15) is 11.5 Å². The van der Waals surface area contributed by atoms with Crippen LogP contribution in [0.25, 0.3) is 11.0 Å². The van der Waals surface area contributed by atoms with Gasteiger partial charge >= 0.3 is 0 Å². The van der Waals surface area contributed by atoms with Crippen LogP contribution < -0.4 is 0 Å². The summed E-state index contributed by atoms with van der Waals surface area (Å²) in [6.45, 7) is 3.84. The van der Waals surface area contributed by atoms with E-state index in [1.807, 2.05) is 27.1 Å². The molecule has 0 bridgehead atoms. The highest BCUT2D eigenvalue weighted by molar-refractivity contribution is 5.76. The first-order valence-corrected chi connectivity index (χ1v) is 3.81. The van der Waals surface area contributed by atoms with Crippen LogP contribution >= 0.6 is 0 Å². The summed E-state index contributed by atoms with van der Waals surface area (Å²) in [5.74, 6) is 0.783. The number of fused-ring (bicyclic) bond motifs is 1. The molecular weight excluding hydrogens is 152 g/mol. The minimum Gasteiger partial charge on any atom is -0.250 e. The molecule has 2 heterocycles. The topological polar surface area (TPSA) is 43.6 Å². The first-order chi connectivity index (χ1) is 5.68. The maximum Gasteiger partial charge on any atom is 0.161 e. The Balaban J connectivity index is 2.90. The lowest BCUT2D eigenvalue weighted by atomic mass is 10.3. The minimum atomic E-state index is 0.783. The van der Waals surface area contributed by atoms with E-state index in [-0.39, 0.29) is 0 Å². The van der Waals surface area contributed by atoms with Crippen molar-refractivity contribution in [1.29, 1.82) is 0 Å².